The van der Waals surface area contributed by atoms with Gasteiger partial charge in [-0.05, 0) is 43.3 Å². The number of hydrogen-bond donors (Lipinski definition) is 0. The number of halogens is 3. The number of alkyl halides is 3. The van der Waals surface area contributed by atoms with Gasteiger partial charge in [-0.15, -0.1) is 10.2 Å². The Morgan fingerprint density at radius 2 is 1.75 bits per heavy atom. The minimum Gasteiger partial charge on any atom is -0.497 e. The smallest absolute Gasteiger partial charge is 0.417 e. The van der Waals surface area contributed by atoms with Gasteiger partial charge in [0.1, 0.15) is 11.4 Å². The van der Waals surface area contributed by atoms with Crippen molar-refractivity contribution in [1.29, 1.82) is 0 Å². The van der Waals surface area contributed by atoms with Crippen LogP contribution in [0.3, 0.4) is 0 Å². The first-order chi connectivity index (χ1) is 11.4. The van der Waals surface area contributed by atoms with Crippen LogP contribution in [0.25, 0.3) is 5.65 Å². The summed E-state index contributed by atoms with van der Waals surface area (Å²) in [5.41, 5.74) is 0.654. The van der Waals surface area contributed by atoms with Gasteiger partial charge in [-0.3, -0.25) is 4.40 Å². The molecule has 24 heavy (non-hydrogen) atoms. The maximum Gasteiger partial charge on any atom is 0.417 e. The van der Waals surface area contributed by atoms with Gasteiger partial charge in [0, 0.05) is 6.20 Å². The number of fused-ring (bicyclic) bond motifs is 1. The van der Waals surface area contributed by atoms with Crippen molar-refractivity contribution < 1.29 is 17.9 Å². The number of benzene rings is 1. The lowest BCUT2D eigenvalue weighted by Crippen LogP contribution is -2.06. The first-order valence-corrected chi connectivity index (χ1v) is 7.00. The fourth-order valence-corrected chi connectivity index (χ4v) is 2.19. The molecule has 0 unspecified atom stereocenters. The lowest BCUT2D eigenvalue weighted by atomic mass is 10.3. The highest BCUT2D eigenvalue weighted by Gasteiger charge is 2.31. The van der Waals surface area contributed by atoms with Crippen LogP contribution in [0, 0.1) is 6.92 Å². The van der Waals surface area contributed by atoms with Crippen LogP contribution in [0.15, 0.2) is 52.8 Å². The number of aromatic nitrogens is 2. The monoisotopic (exact) mass is 334 g/mol. The maximum absolute atomic E-state index is 12.9. The van der Waals surface area contributed by atoms with Gasteiger partial charge in [-0.2, -0.15) is 13.2 Å². The minimum atomic E-state index is -4.43. The molecule has 0 saturated heterocycles. The van der Waals surface area contributed by atoms with Gasteiger partial charge in [-0.25, -0.2) is 4.98 Å². The van der Waals surface area contributed by atoms with Gasteiger partial charge < -0.3 is 4.74 Å². The van der Waals surface area contributed by atoms with E-state index in [0.29, 0.717) is 22.8 Å². The Morgan fingerprint density at radius 1 is 1.04 bits per heavy atom. The Hall–Kier alpha value is -2.90. The molecule has 8 heteroatoms. The Balaban J connectivity index is 2.01. The molecule has 0 atom stereocenters. The van der Waals surface area contributed by atoms with Crippen LogP contribution in [-0.4, -0.2) is 16.5 Å². The van der Waals surface area contributed by atoms with Crippen molar-refractivity contribution in [3.8, 4) is 5.75 Å². The van der Waals surface area contributed by atoms with E-state index >= 15 is 0 Å². The number of hydrogen-bond acceptors (Lipinski definition) is 4. The number of imidazole rings is 1. The second kappa shape index (κ2) is 5.95. The largest absolute Gasteiger partial charge is 0.497 e. The molecule has 124 valence electrons. The third-order valence-corrected chi connectivity index (χ3v) is 3.42. The van der Waals surface area contributed by atoms with Crippen molar-refractivity contribution in [3.05, 3.63) is 53.9 Å². The molecule has 2 heterocycles. The highest BCUT2D eigenvalue weighted by molar-refractivity contribution is 5.53. The van der Waals surface area contributed by atoms with Crippen molar-refractivity contribution in [2.75, 3.05) is 7.11 Å². The average Bonchev–Trinajstić information content (AvgIpc) is 2.87. The van der Waals surface area contributed by atoms with Crippen LogP contribution in [0.4, 0.5) is 24.7 Å². The fraction of sp³-hybridized carbons (Fsp3) is 0.188. The molecule has 1 aromatic carbocycles. The normalized spacial score (nSPS) is 12.2. The number of azo groups is 1. The van der Waals surface area contributed by atoms with E-state index in [4.69, 9.17) is 4.74 Å². The van der Waals surface area contributed by atoms with Gasteiger partial charge in [0.25, 0.3) is 0 Å². The second-order valence-electron chi connectivity index (χ2n) is 5.06. The van der Waals surface area contributed by atoms with Crippen molar-refractivity contribution in [2.45, 2.75) is 13.1 Å². The number of pyridine rings is 1. The van der Waals surface area contributed by atoms with Gasteiger partial charge >= 0.3 is 6.18 Å². The second-order valence-corrected chi connectivity index (χ2v) is 5.06. The zero-order valence-electron chi connectivity index (χ0n) is 12.9. The molecule has 0 amide bonds. The Kier molecular flexibility index (Phi) is 3.96. The van der Waals surface area contributed by atoms with E-state index in [0.717, 1.165) is 12.3 Å². The lowest BCUT2D eigenvalue weighted by molar-refractivity contribution is -0.137. The summed E-state index contributed by atoms with van der Waals surface area (Å²) in [5.74, 6) is 0.932. The van der Waals surface area contributed by atoms with Crippen LogP contribution < -0.4 is 4.74 Å². The molecule has 3 aromatic rings. The van der Waals surface area contributed by atoms with E-state index in [1.807, 2.05) is 0 Å². The van der Waals surface area contributed by atoms with E-state index in [1.54, 1.807) is 38.3 Å². The molecular weight excluding hydrogens is 321 g/mol. The summed E-state index contributed by atoms with van der Waals surface area (Å²) in [5, 5.41) is 8.11. The molecule has 0 radical (unpaired) electrons. The van der Waals surface area contributed by atoms with Crippen LogP contribution >= 0.6 is 0 Å². The predicted octanol–water partition coefficient (Wildman–Crippen LogP) is 5.09. The third kappa shape index (κ3) is 3.08. The van der Waals surface area contributed by atoms with Crippen LogP contribution in [0.2, 0.25) is 0 Å². The zero-order valence-corrected chi connectivity index (χ0v) is 12.9. The standard InChI is InChI=1S/C16H13F3N4O/c1-10-15(22-21-12-4-6-13(24-2)7-5-12)23-9-11(16(17,18)19)3-8-14(23)20-10/h3-9H,1-2H3. The quantitative estimate of drug-likeness (QED) is 0.627. The number of ether oxygens (including phenoxy) is 1. The molecule has 2 aromatic heterocycles. The molecule has 0 aliphatic carbocycles. The van der Waals surface area contributed by atoms with Gasteiger partial charge in [-0.1, -0.05) is 0 Å². The molecule has 0 aliphatic rings. The Bertz CT molecular complexity index is 898. The zero-order chi connectivity index (χ0) is 17.3. The fourth-order valence-electron chi connectivity index (χ4n) is 2.19. The van der Waals surface area contributed by atoms with Crippen LogP contribution in [-0.2, 0) is 6.18 Å². The van der Waals surface area contributed by atoms with Crippen molar-refractivity contribution in [2.24, 2.45) is 10.2 Å². The van der Waals surface area contributed by atoms with Crippen LogP contribution in [0.5, 0.6) is 5.75 Å². The lowest BCUT2D eigenvalue weighted by Gasteiger charge is -2.06. The highest BCUT2D eigenvalue weighted by atomic mass is 19.4. The topological polar surface area (TPSA) is 51.2 Å². The molecule has 5 nitrogen and oxygen atoms in total. The van der Waals surface area contributed by atoms with Gasteiger partial charge in [0.2, 0.25) is 0 Å². The number of methoxy groups -OCH3 is 1. The SMILES string of the molecule is COc1ccc(N=Nc2c(C)nc3ccc(C(F)(F)F)cn23)cc1. The molecule has 0 fully saturated rings. The van der Waals surface area contributed by atoms with Crippen molar-refractivity contribution in [3.63, 3.8) is 0 Å². The summed E-state index contributed by atoms with van der Waals surface area (Å²) in [7, 11) is 1.55. The molecule has 0 N–H and O–H groups in total. The minimum absolute atomic E-state index is 0.256. The number of rotatable bonds is 3. The van der Waals surface area contributed by atoms with E-state index < -0.39 is 11.7 Å². The average molecular weight is 334 g/mol. The summed E-state index contributed by atoms with van der Waals surface area (Å²) < 4.78 is 45.0. The van der Waals surface area contributed by atoms with E-state index in [1.165, 1.54) is 10.5 Å². The van der Waals surface area contributed by atoms with E-state index in [9.17, 15) is 13.2 Å². The third-order valence-electron chi connectivity index (χ3n) is 3.42. The van der Waals surface area contributed by atoms with Crippen LogP contribution in [0.1, 0.15) is 11.3 Å². The maximum atomic E-state index is 12.9. The molecule has 0 saturated carbocycles. The first kappa shape index (κ1) is 16.0. The van der Waals surface area contributed by atoms with Crippen molar-refractivity contribution >= 4 is 17.2 Å². The van der Waals surface area contributed by atoms with E-state index in [2.05, 4.69) is 15.2 Å². The summed E-state index contributed by atoms with van der Waals surface area (Å²) >= 11 is 0. The van der Waals surface area contributed by atoms with Gasteiger partial charge in [0.15, 0.2) is 5.82 Å². The van der Waals surface area contributed by atoms with E-state index in [-0.39, 0.29) is 5.82 Å². The van der Waals surface area contributed by atoms with Gasteiger partial charge in [0.05, 0.1) is 24.1 Å². The Morgan fingerprint density at radius 3 is 2.38 bits per heavy atom. The summed E-state index contributed by atoms with van der Waals surface area (Å²) in [6, 6.07) is 9.13. The summed E-state index contributed by atoms with van der Waals surface area (Å²) in [6.45, 7) is 1.67. The predicted molar refractivity (Wildman–Crippen MR) is 82.1 cm³/mol. The number of nitrogens with zero attached hydrogens (tertiary/aromatic N) is 4. The Labute approximate surface area is 135 Å². The first-order valence-electron chi connectivity index (χ1n) is 7.00. The summed E-state index contributed by atoms with van der Waals surface area (Å²) in [4.78, 5) is 4.20. The molecule has 0 spiro atoms. The molecule has 0 aliphatic heterocycles. The molecule has 3 rings (SSSR count). The van der Waals surface area contributed by atoms with Crippen molar-refractivity contribution in [1.82, 2.24) is 9.38 Å². The summed E-state index contributed by atoms with van der Waals surface area (Å²) in [6.07, 6.45) is -3.46. The molecule has 0 bridgehead atoms. The highest BCUT2D eigenvalue weighted by Crippen LogP contribution is 2.31. The molecular formula is C16H13F3N4O. The number of aryl methyl sites for hydroxylation is 1.